The molecule has 0 bridgehead atoms. The minimum Gasteiger partial charge on any atom is -0.455 e. The quantitative estimate of drug-likeness (QED) is 0.316. The standard InChI is InChI=1S/C19H14N4O7S/c24-17(21-19-20-15(11-31-19)12-4-2-1-3-5-12)10-30-18(25)8-13-6-7-14(22(26)27)9-16(13)23(28)29/h1-7,9,11H,8,10H2,(H,20,21,24). The van der Waals surface area contributed by atoms with Gasteiger partial charge in [0, 0.05) is 22.6 Å². The van der Waals surface area contributed by atoms with Crippen molar-refractivity contribution in [2.75, 3.05) is 11.9 Å². The molecule has 0 aliphatic heterocycles. The summed E-state index contributed by atoms with van der Waals surface area (Å²) in [5.41, 5.74) is 0.459. The number of benzene rings is 2. The number of nitrogens with one attached hydrogen (secondary N) is 1. The van der Waals surface area contributed by atoms with Crippen molar-refractivity contribution in [3.8, 4) is 11.3 Å². The number of hydrogen-bond donors (Lipinski definition) is 1. The Bertz CT molecular complexity index is 1150. The molecule has 1 aromatic heterocycles. The Morgan fingerprint density at radius 1 is 1.06 bits per heavy atom. The first-order valence-corrected chi connectivity index (χ1v) is 9.59. The van der Waals surface area contributed by atoms with Crippen molar-refractivity contribution in [2.45, 2.75) is 6.42 Å². The van der Waals surface area contributed by atoms with Crippen molar-refractivity contribution in [2.24, 2.45) is 0 Å². The first-order valence-electron chi connectivity index (χ1n) is 8.71. The number of hydrogen-bond acceptors (Lipinski definition) is 9. The number of nitro groups is 2. The number of nitro benzene ring substituents is 2. The van der Waals surface area contributed by atoms with E-state index < -0.39 is 46.1 Å². The lowest BCUT2D eigenvalue weighted by Crippen LogP contribution is -2.21. The molecule has 0 aliphatic rings. The summed E-state index contributed by atoms with van der Waals surface area (Å²) in [6.07, 6.45) is -0.517. The van der Waals surface area contributed by atoms with Gasteiger partial charge in [-0.25, -0.2) is 4.98 Å². The highest BCUT2D eigenvalue weighted by Crippen LogP contribution is 2.26. The predicted octanol–water partition coefficient (Wildman–Crippen LogP) is 3.35. The van der Waals surface area contributed by atoms with Crippen molar-refractivity contribution >= 4 is 39.7 Å². The zero-order chi connectivity index (χ0) is 22.4. The maximum atomic E-state index is 12.0. The molecule has 0 radical (unpaired) electrons. The lowest BCUT2D eigenvalue weighted by atomic mass is 10.1. The number of thiazole rings is 1. The molecule has 31 heavy (non-hydrogen) atoms. The fourth-order valence-corrected chi connectivity index (χ4v) is 3.30. The van der Waals surface area contributed by atoms with Crippen LogP contribution in [-0.4, -0.2) is 33.3 Å². The fourth-order valence-electron chi connectivity index (χ4n) is 2.57. The molecule has 0 spiro atoms. The van der Waals surface area contributed by atoms with Gasteiger partial charge in [0.15, 0.2) is 11.7 Å². The Morgan fingerprint density at radius 2 is 1.81 bits per heavy atom. The van der Waals surface area contributed by atoms with Crippen LogP contribution in [-0.2, 0) is 20.7 Å². The number of non-ortho nitro benzene ring substituents is 1. The number of carbonyl (C=O) groups is 2. The van der Waals surface area contributed by atoms with Crippen LogP contribution in [0.1, 0.15) is 5.56 Å². The Kier molecular flexibility index (Phi) is 6.62. The van der Waals surface area contributed by atoms with Gasteiger partial charge in [-0.1, -0.05) is 30.3 Å². The Balaban J connectivity index is 1.55. The van der Waals surface area contributed by atoms with Crippen molar-refractivity contribution in [1.29, 1.82) is 0 Å². The molecule has 1 N–H and O–H groups in total. The van der Waals surface area contributed by atoms with Crippen LogP contribution < -0.4 is 5.32 Å². The number of anilines is 1. The predicted molar refractivity (Wildman–Crippen MR) is 111 cm³/mol. The maximum Gasteiger partial charge on any atom is 0.311 e. The lowest BCUT2D eigenvalue weighted by molar-refractivity contribution is -0.394. The van der Waals surface area contributed by atoms with Crippen LogP contribution in [0.15, 0.2) is 53.9 Å². The average molecular weight is 442 g/mol. The molecule has 2 aromatic carbocycles. The van der Waals surface area contributed by atoms with Gasteiger partial charge in [-0.3, -0.25) is 35.1 Å². The summed E-state index contributed by atoms with van der Waals surface area (Å²) in [5.74, 6) is -1.52. The molecule has 158 valence electrons. The zero-order valence-corrected chi connectivity index (χ0v) is 16.5. The van der Waals surface area contributed by atoms with Crippen LogP contribution in [0.5, 0.6) is 0 Å². The van der Waals surface area contributed by atoms with E-state index in [0.717, 1.165) is 23.8 Å². The molecule has 0 unspecified atom stereocenters. The van der Waals surface area contributed by atoms with Gasteiger partial charge in [0.1, 0.15) is 0 Å². The van der Waals surface area contributed by atoms with Crippen molar-refractivity contribution in [3.63, 3.8) is 0 Å². The van der Waals surface area contributed by atoms with Crippen LogP contribution in [0.25, 0.3) is 11.3 Å². The van der Waals surface area contributed by atoms with E-state index in [4.69, 9.17) is 4.74 Å². The van der Waals surface area contributed by atoms with E-state index in [1.165, 1.54) is 11.3 Å². The first-order chi connectivity index (χ1) is 14.8. The number of ether oxygens (including phenoxy) is 1. The van der Waals surface area contributed by atoms with E-state index >= 15 is 0 Å². The van der Waals surface area contributed by atoms with E-state index in [1.807, 2.05) is 30.3 Å². The smallest absolute Gasteiger partial charge is 0.311 e. The molecule has 3 aromatic rings. The molecule has 1 amide bonds. The highest BCUT2D eigenvalue weighted by Gasteiger charge is 2.22. The van der Waals surface area contributed by atoms with Gasteiger partial charge in [0.2, 0.25) is 0 Å². The summed E-state index contributed by atoms with van der Waals surface area (Å²) in [6, 6.07) is 12.3. The first kappa shape index (κ1) is 21.5. The Morgan fingerprint density at radius 3 is 2.48 bits per heavy atom. The van der Waals surface area contributed by atoms with Crippen LogP contribution >= 0.6 is 11.3 Å². The van der Waals surface area contributed by atoms with Crippen molar-refractivity contribution in [3.05, 3.63) is 79.7 Å². The summed E-state index contributed by atoms with van der Waals surface area (Å²) in [7, 11) is 0. The van der Waals surface area contributed by atoms with Gasteiger partial charge < -0.3 is 4.74 Å². The molecular formula is C19H14N4O7S. The molecule has 0 atom stereocenters. The minimum atomic E-state index is -0.892. The van der Waals surface area contributed by atoms with Crippen LogP contribution in [0.2, 0.25) is 0 Å². The van der Waals surface area contributed by atoms with Crippen LogP contribution in [0.4, 0.5) is 16.5 Å². The molecule has 0 fully saturated rings. The van der Waals surface area contributed by atoms with Crippen LogP contribution in [0.3, 0.4) is 0 Å². The monoisotopic (exact) mass is 442 g/mol. The third-order valence-corrected chi connectivity index (χ3v) is 4.75. The van der Waals surface area contributed by atoms with E-state index in [-0.39, 0.29) is 5.56 Å². The van der Waals surface area contributed by atoms with Gasteiger partial charge >= 0.3 is 5.97 Å². The van der Waals surface area contributed by atoms with Gasteiger partial charge in [0.05, 0.1) is 28.0 Å². The van der Waals surface area contributed by atoms with E-state index in [2.05, 4.69) is 10.3 Å². The maximum absolute atomic E-state index is 12.0. The Hall–Kier alpha value is -4.19. The van der Waals surface area contributed by atoms with E-state index in [1.54, 1.807) is 5.38 Å². The molecule has 0 saturated heterocycles. The third kappa shape index (κ3) is 5.67. The molecule has 12 heteroatoms. The summed E-state index contributed by atoms with van der Waals surface area (Å²) in [4.78, 5) is 48.5. The summed E-state index contributed by atoms with van der Waals surface area (Å²) >= 11 is 1.20. The van der Waals surface area contributed by atoms with Crippen molar-refractivity contribution in [1.82, 2.24) is 4.98 Å². The second kappa shape index (κ2) is 9.54. The molecule has 3 rings (SSSR count). The van der Waals surface area contributed by atoms with Gasteiger partial charge in [-0.15, -0.1) is 11.3 Å². The van der Waals surface area contributed by atoms with Gasteiger partial charge in [-0.2, -0.15) is 0 Å². The SMILES string of the molecule is O=C(COC(=O)Cc1ccc([N+](=O)[O-])cc1[N+](=O)[O-])Nc1nc(-c2ccccc2)cs1. The van der Waals surface area contributed by atoms with Crippen LogP contribution in [0, 0.1) is 20.2 Å². The van der Waals surface area contributed by atoms with E-state index in [9.17, 15) is 29.8 Å². The molecule has 1 heterocycles. The topological polar surface area (TPSA) is 155 Å². The van der Waals surface area contributed by atoms with Gasteiger partial charge in [0.25, 0.3) is 17.3 Å². The number of amides is 1. The molecular weight excluding hydrogens is 428 g/mol. The average Bonchev–Trinajstić information content (AvgIpc) is 3.21. The minimum absolute atomic E-state index is 0.0616. The summed E-state index contributed by atoms with van der Waals surface area (Å²) < 4.78 is 4.85. The second-order valence-corrected chi connectivity index (χ2v) is 6.97. The number of esters is 1. The second-order valence-electron chi connectivity index (χ2n) is 6.12. The Labute approximate surface area is 178 Å². The fraction of sp³-hybridized carbons (Fsp3) is 0.105. The van der Waals surface area contributed by atoms with Crippen molar-refractivity contribution < 1.29 is 24.2 Å². The highest BCUT2D eigenvalue weighted by atomic mass is 32.1. The highest BCUT2D eigenvalue weighted by molar-refractivity contribution is 7.14. The molecule has 0 aliphatic carbocycles. The van der Waals surface area contributed by atoms with E-state index in [0.29, 0.717) is 10.8 Å². The number of rotatable bonds is 8. The third-order valence-electron chi connectivity index (χ3n) is 4.00. The summed E-state index contributed by atoms with van der Waals surface area (Å²) in [5, 5.41) is 26.5. The number of nitrogens with zero attached hydrogens (tertiary/aromatic N) is 3. The largest absolute Gasteiger partial charge is 0.455 e. The summed E-state index contributed by atoms with van der Waals surface area (Å²) in [6.45, 7) is -0.611. The normalized spacial score (nSPS) is 10.3. The molecule has 11 nitrogen and oxygen atoms in total. The number of aromatic nitrogens is 1. The number of carbonyl (C=O) groups excluding carboxylic acids is 2. The zero-order valence-electron chi connectivity index (χ0n) is 15.7. The lowest BCUT2D eigenvalue weighted by Gasteiger charge is -2.05. The molecule has 0 saturated carbocycles. The van der Waals surface area contributed by atoms with Gasteiger partial charge in [-0.05, 0) is 6.07 Å².